The summed E-state index contributed by atoms with van der Waals surface area (Å²) < 4.78 is 6.76. The molecule has 0 amide bonds. The van der Waals surface area contributed by atoms with Gasteiger partial charge in [0.1, 0.15) is 24.5 Å². The quantitative estimate of drug-likeness (QED) is 0.416. The van der Waals surface area contributed by atoms with E-state index in [0.29, 0.717) is 5.82 Å². The maximum atomic E-state index is 9.93. The van der Waals surface area contributed by atoms with E-state index in [9.17, 15) is 15.3 Å². The van der Waals surface area contributed by atoms with Gasteiger partial charge in [0.25, 0.3) is 0 Å². The summed E-state index contributed by atoms with van der Waals surface area (Å²) >= 11 is 0. The summed E-state index contributed by atoms with van der Waals surface area (Å²) in [7, 11) is 0. The molecule has 0 saturated carbocycles. The minimum Gasteiger partial charge on any atom is -0.441 e. The molecule has 21 heavy (non-hydrogen) atoms. The molecule has 1 aromatic heterocycles. The van der Waals surface area contributed by atoms with Crippen LogP contribution in [0.3, 0.4) is 0 Å². The molecule has 2 aliphatic heterocycles. The van der Waals surface area contributed by atoms with E-state index in [1.165, 1.54) is 17.2 Å². The number of hydrogen-bond donors (Lipinski definition) is 4. The molecule has 0 radical (unpaired) electrons. The first kappa shape index (κ1) is 18.7. The van der Waals surface area contributed by atoms with Gasteiger partial charge >= 0.3 is 17.1 Å². The molecule has 0 aliphatic carbocycles. The number of imidazole rings is 1. The summed E-state index contributed by atoms with van der Waals surface area (Å²) in [5, 5.41) is 42.0. The fraction of sp³-hybridized carbons (Fsp3) is 0.600. The zero-order chi connectivity index (χ0) is 13.6. The number of aromatic nitrogens is 2. The van der Waals surface area contributed by atoms with E-state index in [2.05, 4.69) is 15.3 Å². The van der Waals surface area contributed by atoms with Crippen LogP contribution in [0, 0.1) is 0 Å². The predicted molar refractivity (Wildman–Crippen MR) is 61.7 cm³/mol. The van der Waals surface area contributed by atoms with Gasteiger partial charge in [-0.1, -0.05) is 6.34 Å². The number of nitrogens with zero attached hydrogens (tertiary/aromatic N) is 4. The molecule has 5 atom stereocenters. The fourth-order valence-corrected chi connectivity index (χ4v) is 2.20. The maximum Gasteiger partial charge on any atom is 1.00 e. The Morgan fingerprint density at radius 3 is 2.62 bits per heavy atom. The van der Waals surface area contributed by atoms with E-state index < -0.39 is 37.4 Å². The van der Waals surface area contributed by atoms with Gasteiger partial charge in [0.05, 0.1) is 24.4 Å². The smallest absolute Gasteiger partial charge is 0.441 e. The van der Waals surface area contributed by atoms with Crippen LogP contribution in [0.25, 0.3) is 5.32 Å². The van der Waals surface area contributed by atoms with Gasteiger partial charge in [0.15, 0.2) is 6.23 Å². The number of ether oxygens (including phenoxy) is 1. The molecule has 9 nitrogen and oxygen atoms in total. The summed E-state index contributed by atoms with van der Waals surface area (Å²) in [6, 6.07) is 0. The van der Waals surface area contributed by atoms with Crippen LogP contribution in [0.5, 0.6) is 0 Å². The van der Waals surface area contributed by atoms with Crippen LogP contribution in [0.4, 0.5) is 5.82 Å². The summed E-state index contributed by atoms with van der Waals surface area (Å²) in [5.41, 5.74) is 0.250. The van der Waals surface area contributed by atoms with Crippen molar-refractivity contribution >= 4 is 12.2 Å². The first-order valence-electron chi connectivity index (χ1n) is 5.73. The molecular weight excluding hydrogens is 426 g/mol. The fourth-order valence-electron chi connectivity index (χ4n) is 2.20. The van der Waals surface area contributed by atoms with Crippen molar-refractivity contribution in [2.45, 2.75) is 30.8 Å². The Hall–Kier alpha value is -0.338. The van der Waals surface area contributed by atoms with Gasteiger partial charge in [-0.05, 0) is 0 Å². The topological polar surface area (TPSA) is 134 Å². The normalized spacial score (nSPS) is 33.6. The van der Waals surface area contributed by atoms with E-state index >= 15 is 0 Å². The number of aliphatic hydroxyl groups is 4. The third-order valence-corrected chi connectivity index (χ3v) is 3.22. The second-order valence-corrected chi connectivity index (χ2v) is 4.36. The molecule has 124 valence electrons. The van der Waals surface area contributed by atoms with Gasteiger partial charge < -0.3 is 40.0 Å². The summed E-state index contributed by atoms with van der Waals surface area (Å²) in [6.07, 6.45) is -2.80. The molecule has 3 heterocycles. The predicted octanol–water partition coefficient (Wildman–Crippen LogP) is -1.47. The van der Waals surface area contributed by atoms with E-state index in [0.717, 1.165) is 0 Å². The largest absolute Gasteiger partial charge is 1.00 e. The Labute approximate surface area is 144 Å². The average Bonchev–Trinajstić information content (AvgIpc) is 2.94. The second-order valence-electron chi connectivity index (χ2n) is 4.36. The monoisotopic (exact) mass is 438 g/mol. The molecule has 1 saturated heterocycles. The molecule has 3 unspecified atom stereocenters. The molecule has 0 bridgehead atoms. The molecule has 4 N–H and O–H groups in total. The first-order chi connectivity index (χ1) is 9.13. The van der Waals surface area contributed by atoms with Crippen LogP contribution >= 0.6 is 0 Å². The minimum atomic E-state index is -1.22. The van der Waals surface area contributed by atoms with Gasteiger partial charge in [-0.15, -0.1) is 0 Å². The number of aliphatic imine (C=N–C) groups is 1. The van der Waals surface area contributed by atoms with E-state index in [4.69, 9.17) is 9.84 Å². The van der Waals surface area contributed by atoms with Gasteiger partial charge in [-0.2, -0.15) is 0 Å². The summed E-state index contributed by atoms with van der Waals surface area (Å²) in [5.74, 6) is 0.303. The molecule has 2 aliphatic rings. The van der Waals surface area contributed by atoms with Crippen molar-refractivity contribution in [2.75, 3.05) is 6.61 Å². The summed E-state index contributed by atoms with van der Waals surface area (Å²) in [4.78, 5) is 7.93. The molecule has 11 heteroatoms. The third kappa shape index (κ3) is 3.07. The molecule has 1 fully saturated rings. The summed E-state index contributed by atoms with van der Waals surface area (Å²) in [6.45, 7) is -0.410. The van der Waals surface area contributed by atoms with Gasteiger partial charge in [0.2, 0.25) is 0 Å². The number of rotatable bonds is 2. The number of fused-ring (bicyclic) bond motifs is 1. The number of aliphatic hydroxyl groups excluding tert-OH is 4. The van der Waals surface area contributed by atoms with Crippen molar-refractivity contribution < 1.29 is 62.7 Å². The Morgan fingerprint density at radius 2 is 2.00 bits per heavy atom. The number of hydrogen-bond acceptors (Lipinski definition) is 7. The Bertz CT molecular complexity index is 516. The Balaban J connectivity index is 0.00000110. The molecule has 1 aromatic rings. The van der Waals surface area contributed by atoms with Gasteiger partial charge in [0, 0.05) is 20.4 Å². The van der Waals surface area contributed by atoms with Gasteiger partial charge in [-0.3, -0.25) is 0 Å². The van der Waals surface area contributed by atoms with Crippen molar-refractivity contribution in [3.05, 3.63) is 17.3 Å². The third-order valence-electron chi connectivity index (χ3n) is 3.22. The van der Waals surface area contributed by atoms with Crippen molar-refractivity contribution in [1.29, 1.82) is 0 Å². The molecular formula is C10H13CuN4O5Pd. The van der Waals surface area contributed by atoms with Crippen molar-refractivity contribution in [2.24, 2.45) is 4.99 Å². The molecule has 0 spiro atoms. The zero-order valence-corrected chi connectivity index (χ0v) is 12.8. The minimum absolute atomic E-state index is 0. The van der Waals surface area contributed by atoms with Crippen LogP contribution < -0.4 is 0 Å². The van der Waals surface area contributed by atoms with E-state index in [-0.39, 0.29) is 43.2 Å². The van der Waals surface area contributed by atoms with Gasteiger partial charge in [-0.25, -0.2) is 4.98 Å². The maximum absolute atomic E-state index is 9.93. The van der Waals surface area contributed by atoms with Crippen molar-refractivity contribution in [3.8, 4) is 0 Å². The Kier molecular flexibility index (Phi) is 6.49. The van der Waals surface area contributed by atoms with Crippen LogP contribution in [0.15, 0.2) is 11.3 Å². The van der Waals surface area contributed by atoms with Crippen LogP contribution in [0.2, 0.25) is 0 Å². The SMILES string of the molecule is OC[C@H]1O[C@@H](n2cnc3c2N=C[N-]C3O)C(O)C1O.[Cu+].[Pd]. The van der Waals surface area contributed by atoms with Crippen molar-refractivity contribution in [3.63, 3.8) is 0 Å². The van der Waals surface area contributed by atoms with Crippen LogP contribution in [0.1, 0.15) is 18.1 Å². The molecule has 3 rings (SSSR count). The second kappa shape index (κ2) is 7.28. The van der Waals surface area contributed by atoms with Crippen LogP contribution in [-0.4, -0.2) is 61.2 Å². The molecule has 0 aromatic carbocycles. The Morgan fingerprint density at radius 1 is 1.29 bits per heavy atom. The van der Waals surface area contributed by atoms with Crippen molar-refractivity contribution in [1.82, 2.24) is 9.55 Å². The zero-order valence-electron chi connectivity index (χ0n) is 10.4. The van der Waals surface area contributed by atoms with E-state index in [1.54, 1.807) is 0 Å². The first-order valence-corrected chi connectivity index (χ1v) is 5.73. The van der Waals surface area contributed by atoms with E-state index in [1.807, 2.05) is 0 Å². The van der Waals surface area contributed by atoms with Crippen LogP contribution in [-0.2, 0) is 42.2 Å². The standard InChI is InChI=1S/C10H13N4O5.Cu.Pd/c15-1-4-6(16)7(17)10(19-4)14-3-13-5-8(14)11-2-12-9(5)18;;/h2-4,6-7,9-10,15-18H,1H2;;/q-1;+1;/t4-,6?,7?,9?,10-;;/m1../s1. The average molecular weight is 439 g/mol.